The third kappa shape index (κ3) is 2.25. The molecule has 2 heterocycles. The number of thioether (sulfide) groups is 1. The fourth-order valence-electron chi connectivity index (χ4n) is 2.39. The Morgan fingerprint density at radius 3 is 3.11 bits per heavy atom. The molecule has 1 atom stereocenters. The summed E-state index contributed by atoms with van der Waals surface area (Å²) >= 11 is 2.02. The summed E-state index contributed by atoms with van der Waals surface area (Å²) in [5.74, 6) is 2.47. The molecule has 1 aliphatic heterocycles. The zero-order valence-electron chi connectivity index (χ0n) is 10.2. The van der Waals surface area contributed by atoms with Crippen LogP contribution in [-0.2, 0) is 0 Å². The van der Waals surface area contributed by atoms with Gasteiger partial charge < -0.3 is 11.1 Å². The first-order chi connectivity index (χ1) is 8.84. The van der Waals surface area contributed by atoms with Gasteiger partial charge >= 0.3 is 0 Å². The van der Waals surface area contributed by atoms with E-state index in [0.29, 0.717) is 6.04 Å². The van der Waals surface area contributed by atoms with E-state index in [1.54, 1.807) is 0 Å². The van der Waals surface area contributed by atoms with Gasteiger partial charge in [0, 0.05) is 29.1 Å². The Balaban J connectivity index is 1.94. The summed E-state index contributed by atoms with van der Waals surface area (Å²) in [5.41, 5.74) is 8.86. The molecule has 94 valence electrons. The van der Waals surface area contributed by atoms with E-state index in [1.165, 1.54) is 24.3 Å². The molecule has 1 unspecified atom stereocenters. The zero-order chi connectivity index (χ0) is 12.4. The van der Waals surface area contributed by atoms with E-state index in [4.69, 9.17) is 5.73 Å². The maximum Gasteiger partial charge on any atom is 0.0953 e. The Bertz CT molecular complexity index is 550. The molecule has 1 fully saturated rings. The number of nitrogens with zero attached hydrogens (tertiary/aromatic N) is 1. The van der Waals surface area contributed by atoms with Crippen LogP contribution in [0.25, 0.3) is 10.9 Å². The van der Waals surface area contributed by atoms with Crippen LogP contribution in [0.4, 0.5) is 11.4 Å². The monoisotopic (exact) mass is 259 g/mol. The van der Waals surface area contributed by atoms with Gasteiger partial charge in [0.25, 0.3) is 0 Å². The van der Waals surface area contributed by atoms with Crippen molar-refractivity contribution < 1.29 is 0 Å². The average Bonchev–Trinajstić information content (AvgIpc) is 2.44. The standard InChI is InChI=1S/C14H17N3S/c15-12-5-6-13(14-11(12)4-1-7-16-14)17-10-3-2-8-18-9-10/h1,4-7,10,17H,2-3,8-9,15H2. The van der Waals surface area contributed by atoms with E-state index in [-0.39, 0.29) is 0 Å². The molecule has 2 aromatic rings. The van der Waals surface area contributed by atoms with Crippen LogP contribution in [0.3, 0.4) is 0 Å². The largest absolute Gasteiger partial charge is 0.398 e. The van der Waals surface area contributed by atoms with E-state index < -0.39 is 0 Å². The molecular formula is C14H17N3S. The lowest BCUT2D eigenvalue weighted by atomic mass is 10.1. The van der Waals surface area contributed by atoms with Gasteiger partial charge in [-0.1, -0.05) is 0 Å². The van der Waals surface area contributed by atoms with Gasteiger partial charge in [-0.2, -0.15) is 11.8 Å². The highest BCUT2D eigenvalue weighted by Gasteiger charge is 2.15. The molecule has 0 saturated carbocycles. The van der Waals surface area contributed by atoms with Gasteiger partial charge in [0.2, 0.25) is 0 Å². The Kier molecular flexibility index (Phi) is 3.28. The number of rotatable bonds is 2. The number of benzene rings is 1. The fraction of sp³-hybridized carbons (Fsp3) is 0.357. The van der Waals surface area contributed by atoms with Crippen molar-refractivity contribution >= 4 is 34.0 Å². The molecule has 1 aliphatic rings. The van der Waals surface area contributed by atoms with E-state index >= 15 is 0 Å². The van der Waals surface area contributed by atoms with Crippen molar-refractivity contribution in [1.29, 1.82) is 0 Å². The minimum absolute atomic E-state index is 0.553. The molecule has 3 N–H and O–H groups in total. The quantitative estimate of drug-likeness (QED) is 0.814. The topological polar surface area (TPSA) is 50.9 Å². The third-order valence-electron chi connectivity index (χ3n) is 3.32. The third-order valence-corrected chi connectivity index (χ3v) is 4.54. The molecule has 1 aromatic carbocycles. The SMILES string of the molecule is Nc1ccc(NC2CCCSC2)c2ncccc12. The predicted molar refractivity (Wildman–Crippen MR) is 80.1 cm³/mol. The van der Waals surface area contributed by atoms with E-state index in [2.05, 4.69) is 10.3 Å². The summed E-state index contributed by atoms with van der Waals surface area (Å²) in [6.45, 7) is 0. The average molecular weight is 259 g/mol. The molecule has 0 bridgehead atoms. The van der Waals surface area contributed by atoms with Crippen LogP contribution in [-0.4, -0.2) is 22.5 Å². The van der Waals surface area contributed by atoms with Crippen LogP contribution in [0, 0.1) is 0 Å². The van der Waals surface area contributed by atoms with Crippen LogP contribution < -0.4 is 11.1 Å². The number of nitrogens with two attached hydrogens (primary N) is 1. The van der Waals surface area contributed by atoms with E-state index in [9.17, 15) is 0 Å². The summed E-state index contributed by atoms with van der Waals surface area (Å²) in [7, 11) is 0. The highest BCUT2D eigenvalue weighted by Crippen LogP contribution is 2.28. The summed E-state index contributed by atoms with van der Waals surface area (Å²) in [6, 6.07) is 8.52. The van der Waals surface area contributed by atoms with Gasteiger partial charge in [-0.3, -0.25) is 4.98 Å². The number of hydrogen-bond acceptors (Lipinski definition) is 4. The molecule has 3 nitrogen and oxygen atoms in total. The van der Waals surface area contributed by atoms with Crippen molar-refractivity contribution in [2.24, 2.45) is 0 Å². The first kappa shape index (κ1) is 11.7. The van der Waals surface area contributed by atoms with Crippen LogP contribution in [0.15, 0.2) is 30.5 Å². The van der Waals surface area contributed by atoms with Gasteiger partial charge in [0.15, 0.2) is 0 Å². The maximum atomic E-state index is 5.99. The number of anilines is 2. The highest BCUT2D eigenvalue weighted by atomic mass is 32.2. The number of nitrogens with one attached hydrogen (secondary N) is 1. The summed E-state index contributed by atoms with van der Waals surface area (Å²) in [5, 5.41) is 4.65. The smallest absolute Gasteiger partial charge is 0.0953 e. The van der Waals surface area contributed by atoms with Gasteiger partial charge in [-0.15, -0.1) is 0 Å². The molecule has 18 heavy (non-hydrogen) atoms. The Morgan fingerprint density at radius 1 is 1.33 bits per heavy atom. The molecule has 0 amide bonds. The number of nitrogen functional groups attached to an aromatic ring is 1. The highest BCUT2D eigenvalue weighted by molar-refractivity contribution is 7.99. The number of aromatic nitrogens is 1. The van der Waals surface area contributed by atoms with Crippen LogP contribution in [0.5, 0.6) is 0 Å². The second-order valence-electron chi connectivity index (χ2n) is 4.66. The van der Waals surface area contributed by atoms with Crippen molar-refractivity contribution in [2.45, 2.75) is 18.9 Å². The van der Waals surface area contributed by atoms with Crippen molar-refractivity contribution in [3.05, 3.63) is 30.5 Å². The summed E-state index contributed by atoms with van der Waals surface area (Å²) in [6.07, 6.45) is 4.36. The molecule has 0 radical (unpaired) electrons. The Morgan fingerprint density at radius 2 is 2.28 bits per heavy atom. The van der Waals surface area contributed by atoms with Gasteiger partial charge in [-0.25, -0.2) is 0 Å². The van der Waals surface area contributed by atoms with Crippen molar-refractivity contribution in [3.63, 3.8) is 0 Å². The van der Waals surface area contributed by atoms with Gasteiger partial charge in [0.05, 0.1) is 11.2 Å². The summed E-state index contributed by atoms with van der Waals surface area (Å²) < 4.78 is 0. The van der Waals surface area contributed by atoms with E-state index in [0.717, 1.165) is 22.3 Å². The lowest BCUT2D eigenvalue weighted by Crippen LogP contribution is -2.25. The molecule has 1 aromatic heterocycles. The molecule has 1 saturated heterocycles. The lowest BCUT2D eigenvalue weighted by Gasteiger charge is -2.24. The molecule has 0 spiro atoms. The lowest BCUT2D eigenvalue weighted by molar-refractivity contribution is 0.686. The first-order valence-corrected chi connectivity index (χ1v) is 7.47. The van der Waals surface area contributed by atoms with Crippen LogP contribution in [0.1, 0.15) is 12.8 Å². The first-order valence-electron chi connectivity index (χ1n) is 6.32. The maximum absolute atomic E-state index is 5.99. The summed E-state index contributed by atoms with van der Waals surface area (Å²) in [4.78, 5) is 4.46. The van der Waals surface area contributed by atoms with Gasteiger partial charge in [0.1, 0.15) is 0 Å². The predicted octanol–water partition coefficient (Wildman–Crippen LogP) is 3.12. The van der Waals surface area contributed by atoms with Crippen molar-refractivity contribution in [1.82, 2.24) is 4.98 Å². The molecule has 4 heteroatoms. The Hall–Kier alpha value is -1.42. The van der Waals surface area contributed by atoms with Crippen LogP contribution >= 0.6 is 11.8 Å². The fourth-order valence-corrected chi connectivity index (χ4v) is 3.46. The number of hydrogen-bond donors (Lipinski definition) is 2. The molecule has 3 rings (SSSR count). The molecule has 0 aliphatic carbocycles. The van der Waals surface area contributed by atoms with Crippen LogP contribution in [0.2, 0.25) is 0 Å². The number of fused-ring (bicyclic) bond motifs is 1. The zero-order valence-corrected chi connectivity index (χ0v) is 11.0. The normalized spacial score (nSPS) is 19.9. The minimum Gasteiger partial charge on any atom is -0.398 e. The minimum atomic E-state index is 0.553. The second kappa shape index (κ2) is 5.06. The van der Waals surface area contributed by atoms with E-state index in [1.807, 2.05) is 42.2 Å². The van der Waals surface area contributed by atoms with Gasteiger partial charge in [-0.05, 0) is 42.9 Å². The molecular weight excluding hydrogens is 242 g/mol. The number of pyridine rings is 1. The second-order valence-corrected chi connectivity index (χ2v) is 5.81. The Labute approximate surface area is 111 Å². The van der Waals surface area contributed by atoms with Crippen molar-refractivity contribution in [2.75, 3.05) is 22.6 Å². The van der Waals surface area contributed by atoms with Crippen molar-refractivity contribution in [3.8, 4) is 0 Å².